The highest BCUT2D eigenvalue weighted by Gasteiger charge is 2.28. The molecule has 0 aliphatic heterocycles. The first-order chi connectivity index (χ1) is 63.0. The Kier molecular flexibility index (Phi) is 18.9. The molecule has 0 atom stereocenters. The summed E-state index contributed by atoms with van der Waals surface area (Å²) in [6.07, 6.45) is 9.31. The Labute approximate surface area is 742 Å². The predicted molar refractivity (Wildman–Crippen MR) is 530 cm³/mol. The lowest BCUT2D eigenvalue weighted by Crippen LogP contribution is -2.31. The normalized spacial score (nSPS) is 12.3. The van der Waals surface area contributed by atoms with E-state index in [-0.39, 0.29) is 0 Å². The molecule has 127 heavy (non-hydrogen) atoms. The van der Waals surface area contributed by atoms with Gasteiger partial charge in [0.25, 0.3) is 0 Å². The number of pyridine rings is 4. The van der Waals surface area contributed by atoms with Crippen molar-refractivity contribution in [3.63, 3.8) is 0 Å². The fourth-order valence-electron chi connectivity index (χ4n) is 20.2. The average molecular weight is 1650 g/mol. The van der Waals surface area contributed by atoms with Crippen LogP contribution in [0.15, 0.2) is 346 Å². The molecule has 8 nitrogen and oxygen atoms in total. The van der Waals surface area contributed by atoms with Gasteiger partial charge in [-0.15, -0.1) is 0 Å². The second-order valence-corrected chi connectivity index (χ2v) is 35.4. The van der Waals surface area contributed by atoms with E-state index < -0.39 is 6.85 Å². The molecule has 0 amide bonds. The molecule has 0 unspecified atom stereocenters. The van der Waals surface area contributed by atoms with Gasteiger partial charge in [0, 0.05) is 99.3 Å². The first-order valence-corrected chi connectivity index (χ1v) is 44.2. The second kappa shape index (κ2) is 31.7. The van der Waals surface area contributed by atoms with Gasteiger partial charge in [-0.1, -0.05) is 216 Å². The molecule has 0 fully saturated rings. The van der Waals surface area contributed by atoms with E-state index in [1.54, 1.807) is 6.20 Å². The van der Waals surface area contributed by atoms with Crippen LogP contribution < -0.4 is 18.3 Å². The van der Waals surface area contributed by atoms with Crippen molar-refractivity contribution < 1.29 is 40.0 Å². The number of rotatable bonds is 8. The third-order valence-electron chi connectivity index (χ3n) is 26.6. The van der Waals surface area contributed by atoms with Crippen molar-refractivity contribution in [3.8, 4) is 56.2 Å². The van der Waals surface area contributed by atoms with Gasteiger partial charge in [-0.3, -0.25) is 0 Å². The van der Waals surface area contributed by atoms with Crippen LogP contribution >= 0.6 is 0 Å². The summed E-state index contributed by atoms with van der Waals surface area (Å²) in [7, 11) is 8.27. The number of hydrogen-bond donors (Lipinski definition) is 0. The number of hydrogen-bond acceptors (Lipinski definition) is 4. The smallest absolute Gasteiger partial charge is 0.220 e. The van der Waals surface area contributed by atoms with Crippen molar-refractivity contribution in [2.24, 2.45) is 34.1 Å². The zero-order valence-corrected chi connectivity index (χ0v) is 74.0. The number of benzene rings is 16. The fraction of sp³-hybridized carbons (Fsp3) is 0.143. The van der Waals surface area contributed by atoms with Gasteiger partial charge in [0.2, 0.25) is 22.8 Å². The molecule has 0 bridgehead atoms. The zero-order chi connectivity index (χ0) is 89.4. The van der Waals surface area contributed by atoms with Crippen LogP contribution in [0.1, 0.15) is 82.2 Å². The lowest BCUT2D eigenvalue weighted by molar-refractivity contribution is -0.660. The minimum atomic E-state index is -2.22. The fourth-order valence-corrected chi connectivity index (χ4v) is 20.2. The van der Waals surface area contributed by atoms with E-state index >= 15 is 0 Å². The number of nitrogens with zero attached hydrogens (tertiary/aromatic N) is 4. The zero-order valence-electron chi connectivity index (χ0n) is 77.0. The van der Waals surface area contributed by atoms with Gasteiger partial charge in [-0.2, -0.15) is 0 Å². The Balaban J connectivity index is 0.000000105. The van der Waals surface area contributed by atoms with Crippen molar-refractivity contribution >= 4 is 163 Å². The molecule has 0 spiro atoms. The minimum Gasteiger partial charge on any atom is -0.456 e. The summed E-state index contributed by atoms with van der Waals surface area (Å²) in [5.41, 5.74) is 27.2. The number of furan rings is 4. The SMILES string of the molecule is Cc1c(-c2c3ccc(C(C)C)cc3cc[n+]2C)ccc2c1oc1ccc3ccccc3c12.Cc1c(-c2c3ccc(CC(C)C)cc3cc[n+]2C)ccc2c1oc1ccc3ccccc3c12.Cc1c(-c2c3ccccc3cc[n+]2C)ccc2c1oc1ccc3ccccc3c12.[2H]C([2H])([2H])c1c[n+](C)c(-c2ccc3c(oc4cc(C)c5ccccc5c43)c2C)cc1-c1ccccc1. The molecule has 0 saturated heterocycles. The summed E-state index contributed by atoms with van der Waals surface area (Å²) in [6, 6.07) is 107. The largest absolute Gasteiger partial charge is 0.456 e. The maximum Gasteiger partial charge on any atom is 0.220 e. The Morgan fingerprint density at radius 2 is 0.654 bits per heavy atom. The standard InChI is InChI=1S/C31H26NO.C31H28NO.C30H26NO.C27H20NO/c1-19-16-29-30(25-13-9-8-12-23(19)25)26-15-14-24(21(3)31(26)33-29)28-17-27(20(2)18-32(28)4)22-10-6-5-7-11-22;1-19(2)17-21-9-11-26-23(18-21)15-16-32(4)30(26)24-12-13-27-29-25-8-6-5-7-22(25)10-14-28(29)33-31(27)20(24)3;1-18(2)21-9-11-25-22(17-21)15-16-31(4)29(25)23-12-13-26-28-24-8-6-5-7-20(24)10-14-27(28)32-30(26)19(23)3;1-17-20(26-22-10-6-4-8-19(22)15-16-28(26)2)12-13-23-25-21-9-5-3-7-18(21)11-14-24(25)29-27(17)23/h5-18H,1-4H3;5-16,18-19H,17H2,1-4H3;5-18H,1-4H3;3-16H,1-2H3/q4*+1/i2D3;;;. The lowest BCUT2D eigenvalue weighted by atomic mass is 9.94. The third kappa shape index (κ3) is 13.6. The van der Waals surface area contributed by atoms with E-state index in [9.17, 15) is 0 Å². The van der Waals surface area contributed by atoms with Crippen LogP contribution in [-0.2, 0) is 34.6 Å². The Bertz CT molecular complexity index is 8760. The molecular formula is C119H100N4O4+4. The van der Waals surface area contributed by atoms with E-state index in [1.807, 2.05) is 48.0 Å². The van der Waals surface area contributed by atoms with Crippen LogP contribution in [0.3, 0.4) is 0 Å². The molecular weight excluding hydrogens is 1550 g/mol. The van der Waals surface area contributed by atoms with Crippen LogP contribution in [-0.4, -0.2) is 0 Å². The summed E-state index contributed by atoms with van der Waals surface area (Å²) in [5, 5.41) is 26.9. The van der Waals surface area contributed by atoms with E-state index in [0.717, 1.165) is 89.8 Å². The summed E-state index contributed by atoms with van der Waals surface area (Å²) in [6.45, 7) is 17.5. The van der Waals surface area contributed by atoms with Crippen LogP contribution in [0.25, 0.3) is 219 Å². The molecule has 8 aromatic heterocycles. The highest BCUT2D eigenvalue weighted by molar-refractivity contribution is 6.24. The molecule has 616 valence electrons. The second-order valence-electron chi connectivity index (χ2n) is 35.4. The van der Waals surface area contributed by atoms with Crippen molar-refractivity contribution in [1.82, 2.24) is 0 Å². The van der Waals surface area contributed by atoms with Crippen LogP contribution in [0.2, 0.25) is 0 Å². The maximum atomic E-state index is 8.14. The summed E-state index contributed by atoms with van der Waals surface area (Å²) < 4.78 is 58.7. The molecule has 0 aliphatic rings. The van der Waals surface area contributed by atoms with E-state index in [4.69, 9.17) is 21.8 Å². The van der Waals surface area contributed by atoms with Crippen LogP contribution in [0, 0.1) is 47.4 Å². The Morgan fingerprint density at radius 1 is 0.283 bits per heavy atom. The molecule has 0 aliphatic carbocycles. The topological polar surface area (TPSA) is 68.1 Å². The van der Waals surface area contributed by atoms with Crippen molar-refractivity contribution in [2.75, 3.05) is 0 Å². The number of fused-ring (bicyclic) bond motifs is 23. The van der Waals surface area contributed by atoms with Gasteiger partial charge in [-0.05, 0) is 238 Å². The number of aryl methyl sites for hydroxylation is 10. The van der Waals surface area contributed by atoms with Gasteiger partial charge >= 0.3 is 0 Å². The molecule has 24 rings (SSSR count). The Hall–Kier alpha value is -14.9. The summed E-state index contributed by atoms with van der Waals surface area (Å²) >= 11 is 0. The highest BCUT2D eigenvalue weighted by Crippen LogP contribution is 2.46. The first-order valence-electron chi connectivity index (χ1n) is 45.7. The summed E-state index contributed by atoms with van der Waals surface area (Å²) in [5.74, 6) is 1.16. The van der Waals surface area contributed by atoms with Crippen molar-refractivity contribution in [1.29, 1.82) is 0 Å². The van der Waals surface area contributed by atoms with Crippen molar-refractivity contribution in [2.45, 2.75) is 81.5 Å². The molecule has 0 radical (unpaired) electrons. The quantitative estimate of drug-likeness (QED) is 0.142. The highest BCUT2D eigenvalue weighted by atomic mass is 16.3. The molecule has 0 saturated carbocycles. The molecule has 8 heteroatoms. The maximum absolute atomic E-state index is 8.14. The van der Waals surface area contributed by atoms with E-state index in [2.05, 4.69) is 383 Å². The van der Waals surface area contributed by atoms with Crippen LogP contribution in [0.5, 0.6) is 0 Å². The first kappa shape index (κ1) is 75.8. The van der Waals surface area contributed by atoms with E-state index in [1.165, 1.54) is 175 Å². The summed E-state index contributed by atoms with van der Waals surface area (Å²) in [4.78, 5) is 0. The third-order valence-corrected chi connectivity index (χ3v) is 26.6. The molecule has 8 heterocycles. The molecule has 24 aromatic rings. The van der Waals surface area contributed by atoms with Gasteiger partial charge in [0.1, 0.15) is 72.9 Å². The monoisotopic (exact) mass is 1650 g/mol. The lowest BCUT2D eigenvalue weighted by Gasteiger charge is -2.11. The average Bonchev–Trinajstić information content (AvgIpc) is 1.56. The predicted octanol–water partition coefficient (Wildman–Crippen LogP) is 30.2. The van der Waals surface area contributed by atoms with Gasteiger partial charge in [0.05, 0.1) is 38.4 Å². The number of aromatic nitrogens is 4. The van der Waals surface area contributed by atoms with Gasteiger partial charge in [-0.25, -0.2) is 18.3 Å². The molecule has 16 aromatic carbocycles. The van der Waals surface area contributed by atoms with Crippen molar-refractivity contribution in [3.05, 3.63) is 373 Å². The van der Waals surface area contributed by atoms with Gasteiger partial charge in [0.15, 0.2) is 24.8 Å². The van der Waals surface area contributed by atoms with Crippen LogP contribution in [0.4, 0.5) is 0 Å². The van der Waals surface area contributed by atoms with Gasteiger partial charge < -0.3 is 17.7 Å². The minimum absolute atomic E-state index is 0.337. The molecule has 0 N–H and O–H groups in total. The Morgan fingerprint density at radius 3 is 1.12 bits per heavy atom. The van der Waals surface area contributed by atoms with E-state index in [0.29, 0.717) is 17.4 Å².